The van der Waals surface area contributed by atoms with Crippen LogP contribution in [-0.4, -0.2) is 14.1 Å². The zero-order chi connectivity index (χ0) is 13.8. The highest BCUT2D eigenvalue weighted by Gasteiger charge is 2.07. The van der Waals surface area contributed by atoms with Crippen LogP contribution >= 0.6 is 0 Å². The molecule has 2 aromatic carbocycles. The van der Waals surface area contributed by atoms with Gasteiger partial charge in [0.1, 0.15) is 11.9 Å². The maximum atomic E-state index is 5.89. The van der Waals surface area contributed by atoms with Crippen molar-refractivity contribution in [1.82, 2.24) is 0 Å². The van der Waals surface area contributed by atoms with Gasteiger partial charge in [0.2, 0.25) is 0 Å². The van der Waals surface area contributed by atoms with E-state index in [1.54, 1.807) is 0 Å². The maximum absolute atomic E-state index is 5.89. The van der Waals surface area contributed by atoms with Crippen molar-refractivity contribution in [2.75, 3.05) is 24.7 Å². The van der Waals surface area contributed by atoms with Crippen LogP contribution in [0.4, 0.5) is 11.4 Å². The highest BCUT2D eigenvalue weighted by molar-refractivity contribution is 5.46. The molecule has 0 aliphatic heterocycles. The van der Waals surface area contributed by atoms with Crippen molar-refractivity contribution in [3.8, 4) is 5.75 Å². The average molecular weight is 256 g/mol. The predicted octanol–water partition coefficient (Wildman–Crippen LogP) is 3.47. The molecular formula is C16H20N2O. The molecule has 1 unspecified atom stereocenters. The van der Waals surface area contributed by atoms with Crippen molar-refractivity contribution in [2.45, 2.75) is 13.0 Å². The Bertz CT molecular complexity index is 517. The van der Waals surface area contributed by atoms with E-state index in [0.29, 0.717) is 0 Å². The van der Waals surface area contributed by atoms with E-state index < -0.39 is 0 Å². The minimum Gasteiger partial charge on any atom is -0.486 e. The summed E-state index contributed by atoms with van der Waals surface area (Å²) >= 11 is 0. The molecule has 2 N–H and O–H groups in total. The lowest BCUT2D eigenvalue weighted by atomic mass is 10.1. The normalized spacial score (nSPS) is 11.9. The number of rotatable bonds is 4. The van der Waals surface area contributed by atoms with Gasteiger partial charge in [-0.15, -0.1) is 0 Å². The summed E-state index contributed by atoms with van der Waals surface area (Å²) in [6, 6.07) is 15.8. The SMILES string of the molecule is CC(Oc1ccc(N)cc1)c1ccc(N(C)C)cc1. The molecule has 2 aromatic rings. The fraction of sp³-hybridized carbons (Fsp3) is 0.250. The van der Waals surface area contributed by atoms with Crippen molar-refractivity contribution in [2.24, 2.45) is 0 Å². The molecule has 0 aliphatic carbocycles. The number of anilines is 2. The van der Waals surface area contributed by atoms with E-state index in [1.807, 2.05) is 45.3 Å². The van der Waals surface area contributed by atoms with Crippen molar-refractivity contribution < 1.29 is 4.74 Å². The number of nitrogens with zero attached hydrogens (tertiary/aromatic N) is 1. The number of nitrogens with two attached hydrogens (primary N) is 1. The van der Waals surface area contributed by atoms with Gasteiger partial charge in [-0.25, -0.2) is 0 Å². The van der Waals surface area contributed by atoms with Gasteiger partial charge >= 0.3 is 0 Å². The third kappa shape index (κ3) is 3.41. The van der Waals surface area contributed by atoms with Crippen molar-refractivity contribution >= 4 is 11.4 Å². The van der Waals surface area contributed by atoms with Gasteiger partial charge in [0, 0.05) is 25.5 Å². The van der Waals surface area contributed by atoms with Gasteiger partial charge in [0.05, 0.1) is 0 Å². The molecule has 0 heterocycles. The molecule has 0 saturated carbocycles. The van der Waals surface area contributed by atoms with Crippen LogP contribution in [0, 0.1) is 0 Å². The van der Waals surface area contributed by atoms with Crippen LogP contribution in [0.5, 0.6) is 5.75 Å². The molecule has 3 nitrogen and oxygen atoms in total. The molecule has 1 atom stereocenters. The third-order valence-corrected chi connectivity index (χ3v) is 3.07. The summed E-state index contributed by atoms with van der Waals surface area (Å²) in [7, 11) is 4.06. The van der Waals surface area contributed by atoms with E-state index in [1.165, 1.54) is 5.69 Å². The van der Waals surface area contributed by atoms with Crippen LogP contribution in [0.2, 0.25) is 0 Å². The van der Waals surface area contributed by atoms with Crippen LogP contribution < -0.4 is 15.4 Å². The molecule has 100 valence electrons. The van der Waals surface area contributed by atoms with Crippen LogP contribution in [0.15, 0.2) is 48.5 Å². The summed E-state index contributed by atoms with van der Waals surface area (Å²) in [6.07, 6.45) is 0.0137. The molecule has 0 radical (unpaired) electrons. The Labute approximate surface area is 114 Å². The summed E-state index contributed by atoms with van der Waals surface area (Å²) in [5.41, 5.74) is 8.74. The molecule has 2 rings (SSSR count). The highest BCUT2D eigenvalue weighted by Crippen LogP contribution is 2.24. The van der Waals surface area contributed by atoms with Gasteiger partial charge in [0.15, 0.2) is 0 Å². The molecule has 0 fully saturated rings. The Morgan fingerprint density at radius 3 is 2.05 bits per heavy atom. The van der Waals surface area contributed by atoms with Crippen LogP contribution in [0.25, 0.3) is 0 Å². The van der Waals surface area contributed by atoms with E-state index in [4.69, 9.17) is 10.5 Å². The lowest BCUT2D eigenvalue weighted by Gasteiger charge is -2.17. The van der Waals surface area contributed by atoms with Gasteiger partial charge in [-0.2, -0.15) is 0 Å². The average Bonchev–Trinajstić information content (AvgIpc) is 2.41. The van der Waals surface area contributed by atoms with Crippen molar-refractivity contribution in [1.29, 1.82) is 0 Å². The lowest BCUT2D eigenvalue weighted by molar-refractivity contribution is 0.227. The van der Waals surface area contributed by atoms with Gasteiger partial charge in [-0.1, -0.05) is 12.1 Å². The molecule has 3 heteroatoms. The Morgan fingerprint density at radius 2 is 1.53 bits per heavy atom. The predicted molar refractivity (Wildman–Crippen MR) is 80.7 cm³/mol. The Hall–Kier alpha value is -2.16. The number of hydrogen-bond donors (Lipinski definition) is 1. The summed E-state index contributed by atoms with van der Waals surface area (Å²) in [5.74, 6) is 0.832. The second kappa shape index (κ2) is 5.65. The largest absolute Gasteiger partial charge is 0.486 e. The molecule has 0 saturated heterocycles. The minimum atomic E-state index is 0.0137. The zero-order valence-electron chi connectivity index (χ0n) is 11.6. The Morgan fingerprint density at radius 1 is 0.947 bits per heavy atom. The topological polar surface area (TPSA) is 38.5 Å². The first kappa shape index (κ1) is 13.3. The van der Waals surface area contributed by atoms with E-state index in [0.717, 1.165) is 17.0 Å². The number of nitrogen functional groups attached to an aromatic ring is 1. The summed E-state index contributed by atoms with van der Waals surface area (Å²) < 4.78 is 5.89. The van der Waals surface area contributed by atoms with Gasteiger partial charge in [-0.05, 0) is 48.9 Å². The van der Waals surface area contributed by atoms with E-state index in [-0.39, 0.29) is 6.10 Å². The smallest absolute Gasteiger partial charge is 0.121 e. The standard InChI is InChI=1S/C16H20N2O/c1-12(19-16-10-6-14(17)7-11-16)13-4-8-15(9-5-13)18(2)3/h4-12H,17H2,1-3H3. The molecular weight excluding hydrogens is 236 g/mol. The van der Waals surface area contributed by atoms with Gasteiger partial charge in [0.25, 0.3) is 0 Å². The molecule has 0 bridgehead atoms. The van der Waals surface area contributed by atoms with Gasteiger partial charge < -0.3 is 15.4 Å². The molecule has 0 aromatic heterocycles. The van der Waals surface area contributed by atoms with Crippen molar-refractivity contribution in [3.05, 3.63) is 54.1 Å². The van der Waals surface area contributed by atoms with Crippen molar-refractivity contribution in [3.63, 3.8) is 0 Å². The first-order valence-electron chi connectivity index (χ1n) is 6.36. The van der Waals surface area contributed by atoms with E-state index >= 15 is 0 Å². The van der Waals surface area contributed by atoms with Crippen LogP contribution in [0.3, 0.4) is 0 Å². The van der Waals surface area contributed by atoms with E-state index in [9.17, 15) is 0 Å². The molecule has 19 heavy (non-hydrogen) atoms. The maximum Gasteiger partial charge on any atom is 0.121 e. The zero-order valence-corrected chi connectivity index (χ0v) is 11.6. The first-order chi connectivity index (χ1) is 9.06. The first-order valence-corrected chi connectivity index (χ1v) is 6.36. The summed E-state index contributed by atoms with van der Waals surface area (Å²) in [4.78, 5) is 2.08. The Kier molecular flexibility index (Phi) is 3.95. The van der Waals surface area contributed by atoms with E-state index in [2.05, 4.69) is 29.2 Å². The number of hydrogen-bond acceptors (Lipinski definition) is 3. The fourth-order valence-corrected chi connectivity index (χ4v) is 1.86. The fourth-order valence-electron chi connectivity index (χ4n) is 1.86. The molecule has 0 spiro atoms. The third-order valence-electron chi connectivity index (χ3n) is 3.07. The number of benzene rings is 2. The molecule has 0 amide bonds. The number of ether oxygens (including phenoxy) is 1. The quantitative estimate of drug-likeness (QED) is 0.851. The second-order valence-corrected chi connectivity index (χ2v) is 4.82. The monoisotopic (exact) mass is 256 g/mol. The summed E-state index contributed by atoms with van der Waals surface area (Å²) in [5, 5.41) is 0. The summed E-state index contributed by atoms with van der Waals surface area (Å²) in [6.45, 7) is 2.04. The molecule has 0 aliphatic rings. The Balaban J connectivity index is 2.07. The van der Waals surface area contributed by atoms with Crippen LogP contribution in [-0.2, 0) is 0 Å². The highest BCUT2D eigenvalue weighted by atomic mass is 16.5. The minimum absolute atomic E-state index is 0.0137. The van der Waals surface area contributed by atoms with Crippen LogP contribution in [0.1, 0.15) is 18.6 Å². The second-order valence-electron chi connectivity index (χ2n) is 4.82. The lowest BCUT2D eigenvalue weighted by Crippen LogP contribution is -2.09. The van der Waals surface area contributed by atoms with Gasteiger partial charge in [-0.3, -0.25) is 0 Å².